The molecule has 3 rings (SSSR count). The Hall–Kier alpha value is -3.92. The number of phenolic OH excluding ortho intramolecular Hbond substituents is 1. The number of hydrogen-bond donors (Lipinski definition) is 2. The van der Waals surface area contributed by atoms with E-state index in [-0.39, 0.29) is 21.9 Å². The molecule has 0 amide bonds. The van der Waals surface area contributed by atoms with Gasteiger partial charge in [-0.3, -0.25) is 19.8 Å². The molecule has 0 aliphatic carbocycles. The lowest BCUT2D eigenvalue weighted by atomic mass is 10.2. The third-order valence-corrected chi connectivity index (χ3v) is 5.54. The summed E-state index contributed by atoms with van der Waals surface area (Å²) in [7, 11) is -3.80. The van der Waals surface area contributed by atoms with Crippen molar-refractivity contribution in [2.75, 3.05) is 11.3 Å². The number of non-ortho nitro benzene ring substituents is 1. The lowest BCUT2D eigenvalue weighted by Gasteiger charge is -2.09. The summed E-state index contributed by atoms with van der Waals surface area (Å²) in [5.74, 6) is 0.482. The van der Waals surface area contributed by atoms with Crippen molar-refractivity contribution in [1.82, 2.24) is 0 Å². The van der Waals surface area contributed by atoms with E-state index in [1.807, 2.05) is 6.92 Å². The highest BCUT2D eigenvalue weighted by atomic mass is 32.2. The van der Waals surface area contributed by atoms with Crippen LogP contribution in [0.3, 0.4) is 0 Å². The Kier molecular flexibility index (Phi) is 6.51. The van der Waals surface area contributed by atoms with Gasteiger partial charge in [0.1, 0.15) is 11.5 Å². The fourth-order valence-electron chi connectivity index (χ4n) is 2.61. The summed E-state index contributed by atoms with van der Waals surface area (Å²) in [4.78, 5) is 14.5. The zero-order valence-electron chi connectivity index (χ0n) is 16.4. The van der Waals surface area contributed by atoms with Crippen LogP contribution in [0.4, 0.5) is 17.1 Å². The van der Waals surface area contributed by atoms with Crippen molar-refractivity contribution in [3.8, 4) is 11.5 Å². The van der Waals surface area contributed by atoms with E-state index in [1.165, 1.54) is 48.7 Å². The molecule has 160 valence electrons. The molecular formula is C21H19N3O6S. The predicted molar refractivity (Wildman–Crippen MR) is 117 cm³/mol. The number of nitrogens with one attached hydrogen (secondary N) is 1. The molecule has 0 fully saturated rings. The van der Waals surface area contributed by atoms with Gasteiger partial charge in [0.05, 0.1) is 22.1 Å². The lowest BCUT2D eigenvalue weighted by Crippen LogP contribution is -2.12. The molecule has 0 heterocycles. The first kappa shape index (κ1) is 21.8. The van der Waals surface area contributed by atoms with Gasteiger partial charge >= 0.3 is 0 Å². The number of hydrogen-bond acceptors (Lipinski definition) is 7. The summed E-state index contributed by atoms with van der Waals surface area (Å²) >= 11 is 0. The molecule has 10 heteroatoms. The van der Waals surface area contributed by atoms with Crippen LogP contribution in [-0.2, 0) is 10.0 Å². The molecule has 0 atom stereocenters. The van der Waals surface area contributed by atoms with Gasteiger partial charge in [-0.1, -0.05) is 0 Å². The molecule has 3 aromatic carbocycles. The smallest absolute Gasteiger partial charge is 0.270 e. The zero-order chi connectivity index (χ0) is 22.4. The monoisotopic (exact) mass is 441 g/mol. The van der Waals surface area contributed by atoms with E-state index < -0.39 is 14.9 Å². The Bertz CT molecular complexity index is 1210. The van der Waals surface area contributed by atoms with Gasteiger partial charge in [0.25, 0.3) is 15.7 Å². The van der Waals surface area contributed by atoms with Crippen LogP contribution in [0.5, 0.6) is 11.5 Å². The standard InChI is InChI=1S/C21H19N3O6S/c1-2-30-19-8-3-17(4-9-19)23-31(28,29)20-10-5-16(6-11-20)22-14-15-13-18(24(26)27)7-12-21(15)25/h3-14,23,25H,2H2,1H3. The second-order valence-corrected chi connectivity index (χ2v) is 8.00. The number of nitro benzene ring substituents is 1. The number of phenols is 1. The summed E-state index contributed by atoms with van der Waals surface area (Å²) in [5.41, 5.74) is 0.793. The van der Waals surface area contributed by atoms with Gasteiger partial charge in [-0.25, -0.2) is 8.42 Å². The molecule has 0 saturated heterocycles. The second-order valence-electron chi connectivity index (χ2n) is 6.32. The van der Waals surface area contributed by atoms with Gasteiger partial charge in [-0.2, -0.15) is 0 Å². The summed E-state index contributed by atoms with van der Waals surface area (Å²) in [5, 5.41) is 20.7. The molecule has 0 aliphatic heterocycles. The highest BCUT2D eigenvalue weighted by Gasteiger charge is 2.14. The highest BCUT2D eigenvalue weighted by molar-refractivity contribution is 7.92. The first-order valence-corrected chi connectivity index (χ1v) is 10.6. The quantitative estimate of drug-likeness (QED) is 0.305. The highest BCUT2D eigenvalue weighted by Crippen LogP contribution is 2.24. The van der Waals surface area contributed by atoms with Crippen LogP contribution in [0.25, 0.3) is 0 Å². The minimum Gasteiger partial charge on any atom is -0.507 e. The number of aromatic hydroxyl groups is 1. The maximum absolute atomic E-state index is 12.6. The average molecular weight is 441 g/mol. The van der Waals surface area contributed by atoms with Gasteiger partial charge in [0, 0.05) is 29.6 Å². The van der Waals surface area contributed by atoms with E-state index in [0.29, 0.717) is 23.7 Å². The molecule has 0 aromatic heterocycles. The maximum atomic E-state index is 12.6. The first-order valence-electron chi connectivity index (χ1n) is 9.16. The van der Waals surface area contributed by atoms with Gasteiger partial charge in [-0.05, 0) is 61.5 Å². The number of ether oxygens (including phenoxy) is 1. The third kappa shape index (κ3) is 5.58. The van der Waals surface area contributed by atoms with Crippen molar-refractivity contribution in [2.24, 2.45) is 4.99 Å². The fraction of sp³-hybridized carbons (Fsp3) is 0.0952. The molecule has 0 unspecified atom stereocenters. The van der Waals surface area contributed by atoms with Gasteiger partial charge in [0.2, 0.25) is 0 Å². The van der Waals surface area contributed by atoms with Crippen LogP contribution in [-0.4, -0.2) is 31.3 Å². The molecule has 0 saturated carbocycles. The molecule has 31 heavy (non-hydrogen) atoms. The number of sulfonamides is 1. The average Bonchev–Trinajstić information content (AvgIpc) is 2.74. The summed E-state index contributed by atoms with van der Waals surface area (Å²) in [6.07, 6.45) is 1.27. The van der Waals surface area contributed by atoms with Crippen molar-refractivity contribution < 1.29 is 23.2 Å². The number of nitrogens with zero attached hydrogens (tertiary/aromatic N) is 2. The Labute approximate surface area is 178 Å². The lowest BCUT2D eigenvalue weighted by molar-refractivity contribution is -0.384. The summed E-state index contributed by atoms with van der Waals surface area (Å²) in [6.45, 7) is 2.37. The molecule has 2 N–H and O–H groups in total. The number of nitro groups is 1. The van der Waals surface area contributed by atoms with Crippen molar-refractivity contribution in [2.45, 2.75) is 11.8 Å². The van der Waals surface area contributed by atoms with Crippen molar-refractivity contribution in [3.05, 3.63) is 82.4 Å². The SMILES string of the molecule is CCOc1ccc(NS(=O)(=O)c2ccc(N=Cc3cc([N+](=O)[O-])ccc3O)cc2)cc1. The number of aliphatic imine (C=N–C) groups is 1. The minimum atomic E-state index is -3.80. The van der Waals surface area contributed by atoms with Gasteiger partial charge < -0.3 is 9.84 Å². The summed E-state index contributed by atoms with van der Waals surface area (Å²) < 4.78 is 33.0. The molecule has 0 aliphatic rings. The van der Waals surface area contributed by atoms with Crippen LogP contribution in [0.1, 0.15) is 12.5 Å². The Morgan fingerprint density at radius 1 is 1.10 bits per heavy atom. The van der Waals surface area contributed by atoms with Crippen LogP contribution < -0.4 is 9.46 Å². The molecule has 0 radical (unpaired) electrons. The molecule has 9 nitrogen and oxygen atoms in total. The van der Waals surface area contributed by atoms with E-state index in [9.17, 15) is 23.6 Å². The second kappa shape index (κ2) is 9.26. The minimum absolute atomic E-state index is 0.0403. The number of anilines is 1. The zero-order valence-corrected chi connectivity index (χ0v) is 17.2. The molecule has 0 spiro atoms. The fourth-order valence-corrected chi connectivity index (χ4v) is 3.67. The molecule has 3 aromatic rings. The first-order chi connectivity index (χ1) is 14.8. The maximum Gasteiger partial charge on any atom is 0.270 e. The summed E-state index contributed by atoms with van der Waals surface area (Å²) in [6, 6.07) is 15.9. The van der Waals surface area contributed by atoms with Gasteiger partial charge in [-0.15, -0.1) is 0 Å². The topological polar surface area (TPSA) is 131 Å². The Morgan fingerprint density at radius 2 is 1.77 bits per heavy atom. The van der Waals surface area contributed by atoms with Crippen molar-refractivity contribution in [1.29, 1.82) is 0 Å². The normalized spacial score (nSPS) is 11.4. The molecule has 0 bridgehead atoms. The predicted octanol–water partition coefficient (Wildman–Crippen LogP) is 4.25. The van der Waals surface area contributed by atoms with Gasteiger partial charge in [0.15, 0.2) is 0 Å². The van der Waals surface area contributed by atoms with E-state index in [1.54, 1.807) is 24.3 Å². The van der Waals surface area contributed by atoms with Crippen molar-refractivity contribution >= 4 is 33.3 Å². The van der Waals surface area contributed by atoms with E-state index in [4.69, 9.17) is 4.74 Å². The van der Waals surface area contributed by atoms with Crippen molar-refractivity contribution in [3.63, 3.8) is 0 Å². The van der Waals surface area contributed by atoms with Crippen LogP contribution in [0.15, 0.2) is 76.6 Å². The van der Waals surface area contributed by atoms with Crippen LogP contribution >= 0.6 is 0 Å². The van der Waals surface area contributed by atoms with Crippen LogP contribution in [0.2, 0.25) is 0 Å². The number of rotatable bonds is 8. The third-order valence-electron chi connectivity index (χ3n) is 4.14. The van der Waals surface area contributed by atoms with E-state index in [2.05, 4.69) is 9.71 Å². The van der Waals surface area contributed by atoms with E-state index >= 15 is 0 Å². The van der Waals surface area contributed by atoms with E-state index in [0.717, 1.165) is 0 Å². The number of benzene rings is 3. The Morgan fingerprint density at radius 3 is 2.39 bits per heavy atom. The van der Waals surface area contributed by atoms with Crippen LogP contribution in [0, 0.1) is 10.1 Å². The Balaban J connectivity index is 1.74. The molecular weight excluding hydrogens is 422 g/mol. The largest absolute Gasteiger partial charge is 0.507 e.